The van der Waals surface area contributed by atoms with E-state index in [0.717, 1.165) is 11.8 Å². The van der Waals surface area contributed by atoms with Crippen molar-refractivity contribution in [3.63, 3.8) is 0 Å². The highest BCUT2D eigenvalue weighted by Crippen LogP contribution is 2.50. The van der Waals surface area contributed by atoms with E-state index in [4.69, 9.17) is 11.6 Å². The van der Waals surface area contributed by atoms with Gasteiger partial charge in [-0.2, -0.15) is 4.72 Å². The molecule has 2 aromatic rings. The SMILES string of the molecule is C[C@@H](C(=O)N1C[C@H]2CN(C(=O)O)C[C@@](C(C)(C)C)(C2)C1)N1CC[C@H](NS(=O)(=O)c2ccc3cc(Cl)ccc3c2)C1=O. The molecular formula is C29H37ClN4O6S. The molecule has 4 atom stereocenters. The molecule has 2 bridgehead atoms. The fourth-order valence-electron chi connectivity index (χ4n) is 6.71. The average molecular weight is 605 g/mol. The fourth-order valence-corrected chi connectivity index (χ4v) is 8.15. The smallest absolute Gasteiger partial charge is 0.407 e. The molecule has 0 radical (unpaired) electrons. The van der Waals surface area contributed by atoms with Crippen LogP contribution < -0.4 is 4.72 Å². The number of sulfonamides is 1. The van der Waals surface area contributed by atoms with Crippen molar-refractivity contribution >= 4 is 50.3 Å². The number of fused-ring (bicyclic) bond motifs is 3. The van der Waals surface area contributed by atoms with Crippen LogP contribution in [0.2, 0.25) is 5.02 Å². The third kappa shape index (κ3) is 5.51. The highest BCUT2D eigenvalue weighted by atomic mass is 35.5. The van der Waals surface area contributed by atoms with Gasteiger partial charge in [0.25, 0.3) is 0 Å². The van der Waals surface area contributed by atoms with Crippen LogP contribution in [0.5, 0.6) is 0 Å². The number of carbonyl (C=O) groups excluding carboxylic acids is 2. The zero-order valence-corrected chi connectivity index (χ0v) is 25.3. The van der Waals surface area contributed by atoms with Crippen LogP contribution in [-0.4, -0.2) is 90.9 Å². The molecule has 3 aliphatic rings. The number of benzene rings is 2. The highest BCUT2D eigenvalue weighted by molar-refractivity contribution is 7.89. The second-order valence-electron chi connectivity index (χ2n) is 12.8. The minimum atomic E-state index is -3.99. The van der Waals surface area contributed by atoms with Crippen molar-refractivity contribution in [3.8, 4) is 0 Å². The number of rotatable bonds is 5. The van der Waals surface area contributed by atoms with Crippen LogP contribution in [-0.2, 0) is 19.6 Å². The van der Waals surface area contributed by atoms with Crippen molar-refractivity contribution < 1.29 is 27.9 Å². The average Bonchev–Trinajstić information content (AvgIpc) is 3.25. The number of nitrogens with zero attached hydrogens (tertiary/aromatic N) is 3. The zero-order valence-electron chi connectivity index (χ0n) is 23.8. The molecule has 41 heavy (non-hydrogen) atoms. The Morgan fingerprint density at radius 2 is 1.71 bits per heavy atom. The van der Waals surface area contributed by atoms with Gasteiger partial charge in [-0.1, -0.05) is 44.5 Å². The van der Waals surface area contributed by atoms with E-state index in [1.165, 1.54) is 15.9 Å². The third-order valence-corrected chi connectivity index (χ3v) is 10.9. The molecule has 3 aliphatic heterocycles. The van der Waals surface area contributed by atoms with Gasteiger partial charge in [-0.05, 0) is 66.1 Å². The molecule has 5 rings (SSSR count). The van der Waals surface area contributed by atoms with Gasteiger partial charge >= 0.3 is 6.09 Å². The molecule has 3 saturated heterocycles. The summed E-state index contributed by atoms with van der Waals surface area (Å²) in [5, 5.41) is 11.8. The lowest BCUT2D eigenvalue weighted by Crippen LogP contribution is -2.66. The van der Waals surface area contributed by atoms with Crippen LogP contribution in [0.15, 0.2) is 41.3 Å². The van der Waals surface area contributed by atoms with E-state index in [9.17, 15) is 27.9 Å². The highest BCUT2D eigenvalue weighted by Gasteiger charge is 2.54. The second kappa shape index (κ2) is 10.4. The first kappa shape index (κ1) is 29.6. The summed E-state index contributed by atoms with van der Waals surface area (Å²) in [5.41, 5.74) is -0.649. The second-order valence-corrected chi connectivity index (χ2v) is 15.0. The maximum atomic E-state index is 13.8. The third-order valence-electron chi connectivity index (χ3n) is 9.24. The minimum Gasteiger partial charge on any atom is -0.465 e. The molecule has 0 saturated carbocycles. The molecule has 3 fully saturated rings. The molecule has 2 aromatic carbocycles. The maximum Gasteiger partial charge on any atom is 0.407 e. The molecule has 0 aliphatic carbocycles. The number of piperidine rings is 2. The van der Waals surface area contributed by atoms with Gasteiger partial charge in [-0.15, -0.1) is 0 Å². The van der Waals surface area contributed by atoms with Crippen LogP contribution in [0.3, 0.4) is 0 Å². The Bertz CT molecular complexity index is 1510. The molecule has 0 aromatic heterocycles. The Morgan fingerprint density at radius 3 is 2.39 bits per heavy atom. The van der Waals surface area contributed by atoms with Crippen molar-refractivity contribution in [1.29, 1.82) is 0 Å². The van der Waals surface area contributed by atoms with E-state index in [1.54, 1.807) is 42.2 Å². The van der Waals surface area contributed by atoms with Gasteiger partial charge in [0, 0.05) is 43.2 Å². The van der Waals surface area contributed by atoms with Gasteiger partial charge in [0.15, 0.2) is 0 Å². The molecule has 0 spiro atoms. The van der Waals surface area contributed by atoms with Crippen molar-refractivity contribution in [1.82, 2.24) is 19.4 Å². The first-order valence-corrected chi connectivity index (χ1v) is 15.8. The number of likely N-dealkylation sites (tertiary alicyclic amines) is 3. The van der Waals surface area contributed by atoms with Crippen molar-refractivity contribution in [2.75, 3.05) is 32.7 Å². The normalized spacial score (nSPS) is 26.0. The van der Waals surface area contributed by atoms with Crippen LogP contribution in [0.1, 0.15) is 40.5 Å². The molecule has 3 amide bonds. The number of hydrogen-bond donors (Lipinski definition) is 2. The quantitative estimate of drug-likeness (QED) is 0.536. The monoisotopic (exact) mass is 604 g/mol. The summed E-state index contributed by atoms with van der Waals surface area (Å²) in [6.07, 6.45) is 0.147. The van der Waals surface area contributed by atoms with Gasteiger partial charge in [-0.3, -0.25) is 9.59 Å². The first-order valence-electron chi connectivity index (χ1n) is 13.9. The Balaban J connectivity index is 1.28. The minimum absolute atomic E-state index is 0.00999. The molecule has 12 heteroatoms. The summed E-state index contributed by atoms with van der Waals surface area (Å²) < 4.78 is 28.9. The Morgan fingerprint density at radius 1 is 1.07 bits per heavy atom. The van der Waals surface area contributed by atoms with Gasteiger partial charge in [-0.25, -0.2) is 13.2 Å². The van der Waals surface area contributed by atoms with E-state index >= 15 is 0 Å². The van der Waals surface area contributed by atoms with E-state index in [0.29, 0.717) is 36.6 Å². The van der Waals surface area contributed by atoms with Gasteiger partial charge in [0.1, 0.15) is 12.1 Å². The predicted molar refractivity (Wildman–Crippen MR) is 155 cm³/mol. The Kier molecular flexibility index (Phi) is 7.53. The summed E-state index contributed by atoms with van der Waals surface area (Å²) in [5.74, 6) is -0.616. The summed E-state index contributed by atoms with van der Waals surface area (Å²) in [4.78, 5) is 43.7. The summed E-state index contributed by atoms with van der Waals surface area (Å²) in [7, 11) is -3.99. The van der Waals surface area contributed by atoms with Crippen LogP contribution >= 0.6 is 11.6 Å². The van der Waals surface area contributed by atoms with E-state index in [2.05, 4.69) is 25.5 Å². The van der Waals surface area contributed by atoms with Crippen LogP contribution in [0.25, 0.3) is 10.8 Å². The number of carboxylic acid groups (broad SMARTS) is 1. The topological polar surface area (TPSA) is 127 Å². The lowest BCUT2D eigenvalue weighted by molar-refractivity contribution is -0.153. The van der Waals surface area contributed by atoms with Gasteiger partial charge in [0.05, 0.1) is 4.90 Å². The summed E-state index contributed by atoms with van der Waals surface area (Å²) >= 11 is 6.03. The molecule has 222 valence electrons. The lowest BCUT2D eigenvalue weighted by Gasteiger charge is -2.58. The molecule has 3 heterocycles. The van der Waals surface area contributed by atoms with Gasteiger partial charge < -0.3 is 19.8 Å². The van der Waals surface area contributed by atoms with Crippen molar-refractivity contribution in [2.45, 2.75) is 57.5 Å². The number of halogens is 1. The van der Waals surface area contributed by atoms with Crippen molar-refractivity contribution in [3.05, 3.63) is 41.4 Å². The Labute approximate surface area is 245 Å². The van der Waals surface area contributed by atoms with Crippen molar-refractivity contribution in [2.24, 2.45) is 16.7 Å². The predicted octanol–water partition coefficient (Wildman–Crippen LogP) is 3.64. The number of amides is 3. The first-order chi connectivity index (χ1) is 19.1. The molecule has 0 unspecified atom stereocenters. The number of nitrogens with one attached hydrogen (secondary N) is 1. The molecular weight excluding hydrogens is 568 g/mol. The van der Waals surface area contributed by atoms with Crippen LogP contribution in [0.4, 0.5) is 4.79 Å². The fraction of sp³-hybridized carbons (Fsp3) is 0.552. The van der Waals surface area contributed by atoms with Crippen LogP contribution in [0, 0.1) is 16.7 Å². The largest absolute Gasteiger partial charge is 0.465 e. The lowest BCUT2D eigenvalue weighted by atomic mass is 9.58. The number of hydrogen-bond acceptors (Lipinski definition) is 5. The molecule has 10 nitrogen and oxygen atoms in total. The standard InChI is InChI=1S/C29H37ClN4O6S/c1-18(25(35)32-14-19-13-29(16-32,28(2,3)4)17-33(15-19)27(37)38)34-10-9-24(26(34)36)31-41(39,40)23-8-6-20-11-22(30)7-5-21(20)12-23/h5-8,11-12,18-19,24,31H,9-10,13-17H2,1-4H3,(H,37,38)/t18-,19-,24-,29+/m0/s1. The maximum absolute atomic E-state index is 13.8. The summed E-state index contributed by atoms with van der Waals surface area (Å²) in [6.45, 7) is 9.75. The zero-order chi connectivity index (χ0) is 29.9. The summed E-state index contributed by atoms with van der Waals surface area (Å²) in [6, 6.07) is 8.13. The van der Waals surface area contributed by atoms with E-state index in [1.807, 2.05) is 0 Å². The van der Waals surface area contributed by atoms with E-state index < -0.39 is 39.5 Å². The van der Waals surface area contributed by atoms with E-state index in [-0.39, 0.29) is 35.1 Å². The number of carbonyl (C=O) groups is 3. The Hall–Kier alpha value is -2.89. The van der Waals surface area contributed by atoms with Gasteiger partial charge in [0.2, 0.25) is 21.8 Å². The molecule has 2 N–H and O–H groups in total.